The molecular weight excluding hydrogens is 244 g/mol. The lowest BCUT2D eigenvalue weighted by Crippen LogP contribution is -2.41. The Labute approximate surface area is 102 Å². The van der Waals surface area contributed by atoms with Crippen LogP contribution in [0.5, 0.6) is 0 Å². The van der Waals surface area contributed by atoms with E-state index in [9.17, 15) is 14.4 Å². The number of hydrogen-bond acceptors (Lipinski definition) is 4. The van der Waals surface area contributed by atoms with Crippen molar-refractivity contribution in [2.75, 3.05) is 0 Å². The van der Waals surface area contributed by atoms with Crippen molar-refractivity contribution in [2.24, 2.45) is 0 Å². The first-order valence-corrected chi connectivity index (χ1v) is 5.83. The van der Waals surface area contributed by atoms with Gasteiger partial charge in [0.25, 0.3) is 0 Å². The van der Waals surface area contributed by atoms with E-state index in [-0.39, 0.29) is 11.4 Å². The number of aromatic nitrogens is 1. The molecule has 0 bridgehead atoms. The Bertz CT molecular complexity index is 503. The van der Waals surface area contributed by atoms with Crippen LogP contribution in [-0.2, 0) is 16.1 Å². The second-order valence-corrected chi connectivity index (χ2v) is 4.89. The molecular formula is C10H14N2O4S. The third kappa shape index (κ3) is 3.16. The van der Waals surface area contributed by atoms with Gasteiger partial charge >= 0.3 is 10.8 Å². The van der Waals surface area contributed by atoms with Crippen LogP contribution in [0.1, 0.15) is 17.5 Å². The fourth-order valence-electron chi connectivity index (χ4n) is 1.26. The zero-order valence-corrected chi connectivity index (χ0v) is 10.6. The number of hydrogen-bond donors (Lipinski definition) is 2. The monoisotopic (exact) mass is 258 g/mol. The molecule has 0 fully saturated rings. The molecule has 1 aromatic rings. The Morgan fingerprint density at radius 3 is 2.47 bits per heavy atom. The summed E-state index contributed by atoms with van der Waals surface area (Å²) in [4.78, 5) is 34.2. The Morgan fingerprint density at radius 1 is 1.47 bits per heavy atom. The highest BCUT2D eigenvalue weighted by Crippen LogP contribution is 2.08. The van der Waals surface area contributed by atoms with Crippen LogP contribution in [0, 0.1) is 13.8 Å². The van der Waals surface area contributed by atoms with Gasteiger partial charge in [0.05, 0.1) is 0 Å². The third-order valence-electron chi connectivity index (χ3n) is 2.42. The van der Waals surface area contributed by atoms with Crippen LogP contribution in [0.15, 0.2) is 4.79 Å². The molecule has 0 saturated carbocycles. The molecule has 0 aliphatic heterocycles. The second kappa shape index (κ2) is 5.13. The number of carboxylic acids is 1. The largest absolute Gasteiger partial charge is 0.480 e. The van der Waals surface area contributed by atoms with E-state index >= 15 is 0 Å². The molecule has 1 unspecified atom stereocenters. The normalized spacial score (nSPS) is 12.2. The predicted molar refractivity (Wildman–Crippen MR) is 63.3 cm³/mol. The van der Waals surface area contributed by atoms with Crippen molar-refractivity contribution >= 4 is 23.2 Å². The van der Waals surface area contributed by atoms with E-state index in [1.807, 2.05) is 0 Å². The van der Waals surface area contributed by atoms with Crippen molar-refractivity contribution in [1.82, 2.24) is 9.88 Å². The van der Waals surface area contributed by atoms with Gasteiger partial charge in [0.15, 0.2) is 0 Å². The van der Waals surface area contributed by atoms with Crippen molar-refractivity contribution in [2.45, 2.75) is 33.4 Å². The number of nitrogens with one attached hydrogen (secondary N) is 1. The lowest BCUT2D eigenvalue weighted by molar-refractivity contribution is -0.141. The average molecular weight is 258 g/mol. The molecule has 1 heterocycles. The summed E-state index contributed by atoms with van der Waals surface area (Å²) in [6.45, 7) is 4.78. The predicted octanol–water partition coefficient (Wildman–Crippen LogP) is 0.116. The van der Waals surface area contributed by atoms with Gasteiger partial charge in [-0.15, -0.1) is 0 Å². The lowest BCUT2D eigenvalue weighted by Gasteiger charge is -2.10. The Kier molecular flexibility index (Phi) is 4.06. The lowest BCUT2D eigenvalue weighted by atomic mass is 10.3. The molecule has 1 aromatic heterocycles. The average Bonchev–Trinajstić information content (AvgIpc) is 2.45. The van der Waals surface area contributed by atoms with Crippen molar-refractivity contribution < 1.29 is 14.7 Å². The minimum Gasteiger partial charge on any atom is -0.480 e. The van der Waals surface area contributed by atoms with Gasteiger partial charge in [0.1, 0.15) is 12.6 Å². The molecule has 7 heteroatoms. The maximum absolute atomic E-state index is 11.5. The van der Waals surface area contributed by atoms with Gasteiger partial charge in [0.2, 0.25) is 5.91 Å². The molecule has 6 nitrogen and oxygen atoms in total. The van der Waals surface area contributed by atoms with Crippen LogP contribution in [0.25, 0.3) is 0 Å². The first-order chi connectivity index (χ1) is 7.82. The highest BCUT2D eigenvalue weighted by atomic mass is 32.1. The highest BCUT2D eigenvalue weighted by Gasteiger charge is 2.16. The van der Waals surface area contributed by atoms with Crippen molar-refractivity contribution in [3.63, 3.8) is 0 Å². The SMILES string of the molecule is Cc1sc(=O)n(CC(=O)NC(C)C(=O)O)c1C. The number of aliphatic carboxylic acids is 1. The molecule has 1 atom stereocenters. The van der Waals surface area contributed by atoms with Gasteiger partial charge in [0, 0.05) is 10.6 Å². The maximum Gasteiger partial charge on any atom is 0.325 e. The number of amides is 1. The standard InChI is InChI=1S/C10H14N2O4S/c1-5(9(14)15)11-8(13)4-12-6(2)7(3)17-10(12)16/h5H,4H2,1-3H3,(H,11,13)(H,14,15). The summed E-state index contributed by atoms with van der Waals surface area (Å²) in [5, 5.41) is 10.9. The van der Waals surface area contributed by atoms with E-state index in [0.29, 0.717) is 0 Å². The van der Waals surface area contributed by atoms with Gasteiger partial charge in [-0.05, 0) is 20.8 Å². The zero-order chi connectivity index (χ0) is 13.2. The number of carbonyl (C=O) groups excluding carboxylic acids is 1. The Morgan fingerprint density at radius 2 is 2.06 bits per heavy atom. The Balaban J connectivity index is 2.75. The maximum atomic E-state index is 11.5. The molecule has 1 rings (SSSR count). The Hall–Kier alpha value is -1.63. The first-order valence-electron chi connectivity index (χ1n) is 5.02. The molecule has 0 spiro atoms. The summed E-state index contributed by atoms with van der Waals surface area (Å²) in [7, 11) is 0. The fourth-order valence-corrected chi connectivity index (χ4v) is 2.09. The molecule has 0 radical (unpaired) electrons. The summed E-state index contributed by atoms with van der Waals surface area (Å²) in [5.41, 5.74) is 0.734. The van der Waals surface area contributed by atoms with E-state index in [4.69, 9.17) is 5.11 Å². The molecule has 17 heavy (non-hydrogen) atoms. The van der Waals surface area contributed by atoms with Gasteiger partial charge in [-0.25, -0.2) is 0 Å². The quantitative estimate of drug-likeness (QED) is 0.802. The van der Waals surface area contributed by atoms with E-state index in [0.717, 1.165) is 21.9 Å². The van der Waals surface area contributed by atoms with Gasteiger partial charge < -0.3 is 10.4 Å². The van der Waals surface area contributed by atoms with E-state index < -0.39 is 17.9 Å². The van der Waals surface area contributed by atoms with Crippen molar-refractivity contribution in [3.8, 4) is 0 Å². The number of thiazole rings is 1. The summed E-state index contributed by atoms with van der Waals surface area (Å²) in [6.07, 6.45) is 0. The van der Waals surface area contributed by atoms with Crippen LogP contribution in [0.3, 0.4) is 0 Å². The molecule has 1 amide bonds. The van der Waals surface area contributed by atoms with Crippen LogP contribution in [0.4, 0.5) is 0 Å². The number of carbonyl (C=O) groups is 2. The minimum absolute atomic E-state index is 0.146. The zero-order valence-electron chi connectivity index (χ0n) is 9.81. The summed E-state index contributed by atoms with van der Waals surface area (Å²) < 4.78 is 1.34. The molecule has 2 N–H and O–H groups in total. The van der Waals surface area contributed by atoms with Crippen LogP contribution in [0.2, 0.25) is 0 Å². The molecule has 0 aliphatic carbocycles. The molecule has 0 aliphatic rings. The van der Waals surface area contributed by atoms with E-state index in [1.165, 1.54) is 11.5 Å². The van der Waals surface area contributed by atoms with Gasteiger partial charge in [-0.1, -0.05) is 11.3 Å². The summed E-state index contributed by atoms with van der Waals surface area (Å²) in [6, 6.07) is -0.960. The third-order valence-corrected chi connectivity index (χ3v) is 3.42. The number of rotatable bonds is 4. The highest BCUT2D eigenvalue weighted by molar-refractivity contribution is 7.09. The van der Waals surface area contributed by atoms with E-state index in [1.54, 1.807) is 13.8 Å². The van der Waals surface area contributed by atoms with Crippen LogP contribution in [-0.4, -0.2) is 27.6 Å². The summed E-state index contributed by atoms with van der Waals surface area (Å²) >= 11 is 1.07. The number of nitrogens with zero attached hydrogens (tertiary/aromatic N) is 1. The number of carboxylic acid groups (broad SMARTS) is 1. The van der Waals surface area contributed by atoms with E-state index in [2.05, 4.69) is 5.32 Å². The fraction of sp³-hybridized carbons (Fsp3) is 0.500. The first kappa shape index (κ1) is 13.4. The summed E-state index contributed by atoms with van der Waals surface area (Å²) in [5.74, 6) is -1.59. The van der Waals surface area contributed by atoms with Crippen LogP contribution >= 0.6 is 11.3 Å². The second-order valence-electron chi connectivity index (χ2n) is 3.72. The molecule has 0 aromatic carbocycles. The van der Waals surface area contributed by atoms with Gasteiger partial charge in [-0.2, -0.15) is 0 Å². The van der Waals surface area contributed by atoms with Crippen molar-refractivity contribution in [1.29, 1.82) is 0 Å². The number of aryl methyl sites for hydroxylation is 1. The van der Waals surface area contributed by atoms with Gasteiger partial charge in [-0.3, -0.25) is 19.0 Å². The molecule has 94 valence electrons. The smallest absolute Gasteiger partial charge is 0.325 e. The minimum atomic E-state index is -1.11. The van der Waals surface area contributed by atoms with Crippen molar-refractivity contribution in [3.05, 3.63) is 20.2 Å². The van der Waals surface area contributed by atoms with Crippen LogP contribution < -0.4 is 10.2 Å². The topological polar surface area (TPSA) is 88.4 Å². The molecule has 0 saturated heterocycles.